The standard InChI is InChI=1S/C21H23NO4/c1-13(2)11-19(20(23)24)22-21(25)26-12-18-16-9-5-3-7-14(16)15-8-4-6-10-17(15)18/h3-10,13,18-19H,11-12H2,1-2H3,(H,22,25)(H,23,24)/t19-/m0/s1/i20+1. The molecule has 136 valence electrons. The first-order valence-electron chi connectivity index (χ1n) is 8.81. The Morgan fingerprint density at radius 3 is 2.08 bits per heavy atom. The maximum Gasteiger partial charge on any atom is 0.407 e. The van der Waals surface area contributed by atoms with E-state index in [1.54, 1.807) is 0 Å². The van der Waals surface area contributed by atoms with Crippen LogP contribution in [0.3, 0.4) is 0 Å². The molecule has 0 radical (unpaired) electrons. The largest absolute Gasteiger partial charge is 0.480 e. The molecule has 2 N–H and O–H groups in total. The summed E-state index contributed by atoms with van der Waals surface area (Å²) in [6.07, 6.45) is -0.334. The molecule has 0 saturated carbocycles. The number of alkyl carbamates (subject to hydrolysis) is 1. The number of hydrogen-bond acceptors (Lipinski definition) is 3. The molecule has 0 fully saturated rings. The van der Waals surface area contributed by atoms with Gasteiger partial charge in [-0.2, -0.15) is 0 Å². The third-order valence-corrected chi connectivity index (χ3v) is 4.64. The highest BCUT2D eigenvalue weighted by Crippen LogP contribution is 2.44. The Morgan fingerprint density at radius 2 is 1.58 bits per heavy atom. The van der Waals surface area contributed by atoms with Gasteiger partial charge in [0, 0.05) is 5.92 Å². The number of ether oxygens (including phenoxy) is 1. The van der Waals surface area contributed by atoms with E-state index in [1.807, 2.05) is 50.2 Å². The Morgan fingerprint density at radius 1 is 1.04 bits per heavy atom. The lowest BCUT2D eigenvalue weighted by Gasteiger charge is -2.18. The molecule has 5 nitrogen and oxygen atoms in total. The lowest BCUT2D eigenvalue weighted by atomic mass is 9.98. The number of rotatable bonds is 6. The summed E-state index contributed by atoms with van der Waals surface area (Å²) in [6.45, 7) is 4.00. The third kappa shape index (κ3) is 3.72. The van der Waals surface area contributed by atoms with Crippen molar-refractivity contribution in [2.24, 2.45) is 5.92 Å². The highest BCUT2D eigenvalue weighted by molar-refractivity contribution is 5.81. The van der Waals surface area contributed by atoms with Crippen LogP contribution in [0.5, 0.6) is 0 Å². The van der Waals surface area contributed by atoms with E-state index in [4.69, 9.17) is 4.74 Å². The van der Waals surface area contributed by atoms with Crippen LogP contribution in [0.2, 0.25) is 0 Å². The van der Waals surface area contributed by atoms with Crippen molar-refractivity contribution in [2.45, 2.75) is 32.2 Å². The van der Waals surface area contributed by atoms with Crippen molar-refractivity contribution in [3.63, 3.8) is 0 Å². The molecule has 2 aromatic carbocycles. The van der Waals surface area contributed by atoms with E-state index in [9.17, 15) is 14.7 Å². The number of carbonyl (C=O) groups is 2. The van der Waals surface area contributed by atoms with E-state index in [2.05, 4.69) is 17.4 Å². The zero-order valence-electron chi connectivity index (χ0n) is 14.9. The number of carboxylic acids is 1. The SMILES string of the molecule is CC(C)C[C@H](NC(=O)OCC1c2ccccc2-c2ccccc21)[13C](=O)O. The Kier molecular flexibility index (Phi) is 5.26. The van der Waals surface area contributed by atoms with Gasteiger partial charge in [-0.15, -0.1) is 0 Å². The molecule has 2 aromatic rings. The second-order valence-electron chi connectivity index (χ2n) is 6.99. The minimum Gasteiger partial charge on any atom is -0.480 e. The third-order valence-electron chi connectivity index (χ3n) is 4.64. The van der Waals surface area contributed by atoms with E-state index in [1.165, 1.54) is 0 Å². The summed E-state index contributed by atoms with van der Waals surface area (Å²) in [6, 6.07) is 15.2. The molecule has 5 heteroatoms. The molecule has 26 heavy (non-hydrogen) atoms. The first-order valence-corrected chi connectivity index (χ1v) is 8.81. The number of benzene rings is 2. The monoisotopic (exact) mass is 354 g/mol. The predicted molar refractivity (Wildman–Crippen MR) is 99.1 cm³/mol. The lowest BCUT2D eigenvalue weighted by molar-refractivity contribution is -0.139. The molecular weight excluding hydrogens is 331 g/mol. The first-order chi connectivity index (χ1) is 12.5. The summed E-state index contributed by atoms with van der Waals surface area (Å²) >= 11 is 0. The molecule has 0 aliphatic heterocycles. The fourth-order valence-electron chi connectivity index (χ4n) is 3.48. The average Bonchev–Trinajstić information content (AvgIpc) is 2.93. The quantitative estimate of drug-likeness (QED) is 0.768. The fraction of sp³-hybridized carbons (Fsp3) is 0.333. The van der Waals surface area contributed by atoms with Crippen LogP contribution in [0.25, 0.3) is 11.1 Å². The first kappa shape index (κ1) is 18.0. The van der Waals surface area contributed by atoms with Gasteiger partial charge in [-0.05, 0) is 34.6 Å². The van der Waals surface area contributed by atoms with Crippen LogP contribution in [0.4, 0.5) is 4.79 Å². The van der Waals surface area contributed by atoms with Gasteiger partial charge >= 0.3 is 12.1 Å². The van der Waals surface area contributed by atoms with Crippen molar-refractivity contribution in [3.05, 3.63) is 59.7 Å². The van der Waals surface area contributed by atoms with Crippen molar-refractivity contribution in [2.75, 3.05) is 6.61 Å². The molecule has 0 bridgehead atoms. The maximum atomic E-state index is 12.1. The lowest BCUT2D eigenvalue weighted by Crippen LogP contribution is -2.42. The summed E-state index contributed by atoms with van der Waals surface area (Å²) in [5.74, 6) is -0.932. The molecule has 1 amide bonds. The maximum absolute atomic E-state index is 12.1. The number of nitrogens with one attached hydrogen (secondary N) is 1. The Bertz CT molecular complexity index is 770. The van der Waals surface area contributed by atoms with Crippen LogP contribution in [0.15, 0.2) is 48.5 Å². The molecule has 0 unspecified atom stereocenters. The van der Waals surface area contributed by atoms with E-state index >= 15 is 0 Å². The minimum absolute atomic E-state index is 0.0403. The highest BCUT2D eigenvalue weighted by atomic mass is 16.5. The minimum atomic E-state index is -1.05. The molecule has 1 aliphatic rings. The van der Waals surface area contributed by atoms with Crippen molar-refractivity contribution in [1.82, 2.24) is 5.32 Å². The summed E-state index contributed by atoms with van der Waals surface area (Å²) in [5, 5.41) is 11.7. The topological polar surface area (TPSA) is 75.6 Å². The van der Waals surface area contributed by atoms with Crippen LogP contribution in [-0.4, -0.2) is 29.8 Å². The number of carboxylic acid groups (broad SMARTS) is 1. The summed E-state index contributed by atoms with van der Waals surface area (Å²) in [4.78, 5) is 23.4. The van der Waals surface area contributed by atoms with Gasteiger partial charge in [0.15, 0.2) is 0 Å². The highest BCUT2D eigenvalue weighted by Gasteiger charge is 2.29. The molecular formula is C21H23NO4. The molecule has 1 atom stereocenters. The number of fused-ring (bicyclic) bond motifs is 3. The van der Waals surface area contributed by atoms with Crippen LogP contribution < -0.4 is 5.32 Å². The smallest absolute Gasteiger partial charge is 0.407 e. The molecule has 0 aromatic heterocycles. The second-order valence-corrected chi connectivity index (χ2v) is 6.99. The second kappa shape index (κ2) is 7.60. The van der Waals surface area contributed by atoms with Crippen LogP contribution in [0, 0.1) is 5.92 Å². The average molecular weight is 354 g/mol. The molecule has 0 spiro atoms. The van der Waals surface area contributed by atoms with Gasteiger partial charge in [-0.1, -0.05) is 62.4 Å². The normalized spacial score (nSPS) is 13.8. The molecule has 3 rings (SSSR count). The zero-order valence-corrected chi connectivity index (χ0v) is 14.9. The van der Waals surface area contributed by atoms with Crippen molar-refractivity contribution in [1.29, 1.82) is 0 Å². The van der Waals surface area contributed by atoms with Crippen LogP contribution >= 0.6 is 0 Å². The van der Waals surface area contributed by atoms with Gasteiger partial charge in [0.05, 0.1) is 0 Å². The Labute approximate surface area is 153 Å². The molecule has 0 saturated heterocycles. The van der Waals surface area contributed by atoms with Gasteiger partial charge in [0.25, 0.3) is 0 Å². The number of amides is 1. The fourth-order valence-corrected chi connectivity index (χ4v) is 3.48. The van der Waals surface area contributed by atoms with E-state index in [0.29, 0.717) is 6.42 Å². The van der Waals surface area contributed by atoms with E-state index in [-0.39, 0.29) is 18.4 Å². The Balaban J connectivity index is 1.70. The summed E-state index contributed by atoms with van der Waals surface area (Å²) < 4.78 is 5.39. The zero-order chi connectivity index (χ0) is 18.7. The molecule has 1 aliphatic carbocycles. The van der Waals surface area contributed by atoms with Gasteiger partial charge < -0.3 is 15.2 Å². The number of carbonyl (C=O) groups excluding carboxylic acids is 1. The van der Waals surface area contributed by atoms with Gasteiger partial charge in [0.1, 0.15) is 12.6 Å². The van der Waals surface area contributed by atoms with Crippen LogP contribution in [0.1, 0.15) is 37.3 Å². The predicted octanol–water partition coefficient (Wildman–Crippen LogP) is 4.02. The van der Waals surface area contributed by atoms with Crippen molar-refractivity contribution >= 4 is 12.1 Å². The number of hydrogen-bond donors (Lipinski definition) is 2. The van der Waals surface area contributed by atoms with Crippen LogP contribution in [-0.2, 0) is 9.53 Å². The summed E-state index contributed by atoms with van der Waals surface area (Å²) in [7, 11) is 0. The van der Waals surface area contributed by atoms with Crippen molar-refractivity contribution < 1.29 is 19.4 Å². The van der Waals surface area contributed by atoms with Gasteiger partial charge in [-0.25, -0.2) is 9.59 Å². The van der Waals surface area contributed by atoms with E-state index < -0.39 is 18.1 Å². The van der Waals surface area contributed by atoms with Crippen molar-refractivity contribution in [3.8, 4) is 11.1 Å². The van der Waals surface area contributed by atoms with E-state index in [0.717, 1.165) is 22.3 Å². The number of aliphatic carboxylic acids is 1. The summed E-state index contributed by atoms with van der Waals surface area (Å²) in [5.41, 5.74) is 4.55. The van der Waals surface area contributed by atoms with Gasteiger partial charge in [0.2, 0.25) is 0 Å². The molecule has 0 heterocycles. The Hall–Kier alpha value is -2.82. The van der Waals surface area contributed by atoms with Gasteiger partial charge in [-0.3, -0.25) is 0 Å².